The second-order valence-electron chi connectivity index (χ2n) is 1.06. The zero-order chi connectivity index (χ0) is 2.12. The van der Waals surface area contributed by atoms with Crippen LogP contribution >= 0.6 is 24.8 Å². The first kappa shape index (κ1) is 25.9. The molecule has 0 aromatic rings. The molecule has 0 amide bonds. The van der Waals surface area contributed by atoms with Crippen molar-refractivity contribution < 1.29 is 0 Å². The summed E-state index contributed by atoms with van der Waals surface area (Å²) in [5.74, 6) is 0. The molecule has 0 radical (unpaired) electrons. The van der Waals surface area contributed by atoms with E-state index in [0.717, 1.165) is 0 Å². The molecule has 0 bridgehead atoms. The minimum atomic E-state index is 0. The maximum atomic E-state index is 1.50. The number of hydrogen-bond acceptors (Lipinski definition) is 2. The third-order valence-corrected chi connectivity index (χ3v) is 0.354. The summed E-state index contributed by atoms with van der Waals surface area (Å²) in [6.45, 7) is 0. The average Bonchev–Trinajstić information content (AvgIpc) is 1.46. The van der Waals surface area contributed by atoms with Crippen LogP contribution < -0.4 is 12.3 Å². The standard InChI is InChI=1S/C3H6.2ClH.2H3N/c1-2-3-1;;;;/h1-3H2;2*1H;2*1H3. The van der Waals surface area contributed by atoms with E-state index in [2.05, 4.69) is 0 Å². The molecule has 1 aliphatic carbocycles. The summed E-state index contributed by atoms with van der Waals surface area (Å²) in [6, 6.07) is 0. The molecule has 0 atom stereocenters. The van der Waals surface area contributed by atoms with Gasteiger partial charge in [0.15, 0.2) is 0 Å². The minimum Gasteiger partial charge on any atom is -0.344 e. The first-order valence-electron chi connectivity index (χ1n) is 1.50. The van der Waals surface area contributed by atoms with Crippen molar-refractivity contribution in [2.75, 3.05) is 0 Å². The van der Waals surface area contributed by atoms with Gasteiger partial charge in [0.1, 0.15) is 0 Å². The Balaban J connectivity index is -0.0000000112. The van der Waals surface area contributed by atoms with Gasteiger partial charge in [0.2, 0.25) is 0 Å². The van der Waals surface area contributed by atoms with Crippen LogP contribution in [0.25, 0.3) is 0 Å². The highest BCUT2D eigenvalue weighted by Gasteiger charge is 1.95. The summed E-state index contributed by atoms with van der Waals surface area (Å²) in [5.41, 5.74) is 0. The van der Waals surface area contributed by atoms with Gasteiger partial charge >= 0.3 is 0 Å². The molecule has 2 nitrogen and oxygen atoms in total. The highest BCUT2D eigenvalue weighted by Crippen LogP contribution is 2.14. The van der Waals surface area contributed by atoms with E-state index in [1.807, 2.05) is 0 Å². The SMILES string of the molecule is C1CC1.Cl.Cl.N.N. The third kappa shape index (κ3) is 58.5. The molecule has 0 aromatic carbocycles. The molecular weight excluding hydrogens is 135 g/mol. The molecule has 0 heterocycles. The molecule has 0 aliphatic heterocycles. The molecule has 1 rings (SSSR count). The maximum Gasteiger partial charge on any atom is -0.0533 e. The van der Waals surface area contributed by atoms with Crippen LogP contribution in [-0.4, -0.2) is 0 Å². The number of hydrogen-bond donors (Lipinski definition) is 2. The van der Waals surface area contributed by atoms with Crippen molar-refractivity contribution in [1.29, 1.82) is 0 Å². The summed E-state index contributed by atoms with van der Waals surface area (Å²) >= 11 is 0. The maximum absolute atomic E-state index is 1.50. The molecule has 1 fully saturated rings. The fourth-order valence-electron chi connectivity index (χ4n) is 0. The fourth-order valence-corrected chi connectivity index (χ4v) is 0. The average molecular weight is 149 g/mol. The summed E-state index contributed by atoms with van der Waals surface area (Å²) in [5, 5.41) is 0. The molecule has 0 aromatic heterocycles. The Labute approximate surface area is 57.0 Å². The normalized spacial score (nSPS) is 10.3. The Bertz CT molecular complexity index is 15.7. The van der Waals surface area contributed by atoms with Crippen LogP contribution in [0.1, 0.15) is 19.3 Å². The van der Waals surface area contributed by atoms with Crippen molar-refractivity contribution >= 4 is 24.8 Å². The van der Waals surface area contributed by atoms with Crippen molar-refractivity contribution in [3.8, 4) is 0 Å². The van der Waals surface area contributed by atoms with Crippen LogP contribution in [0.4, 0.5) is 0 Å². The summed E-state index contributed by atoms with van der Waals surface area (Å²) in [7, 11) is 0. The molecule has 0 saturated heterocycles. The van der Waals surface area contributed by atoms with Crippen molar-refractivity contribution in [2.45, 2.75) is 19.3 Å². The second-order valence-corrected chi connectivity index (χ2v) is 1.06. The van der Waals surface area contributed by atoms with E-state index in [4.69, 9.17) is 0 Å². The van der Waals surface area contributed by atoms with E-state index < -0.39 is 0 Å². The topological polar surface area (TPSA) is 70.0 Å². The lowest BCUT2D eigenvalue weighted by Gasteiger charge is -1.05. The van der Waals surface area contributed by atoms with E-state index in [0.29, 0.717) is 0 Å². The Kier molecular flexibility index (Phi) is 59.3. The monoisotopic (exact) mass is 148 g/mol. The van der Waals surface area contributed by atoms with E-state index in [9.17, 15) is 0 Å². The van der Waals surface area contributed by atoms with Crippen LogP contribution in [0.3, 0.4) is 0 Å². The second kappa shape index (κ2) is 16.1. The molecule has 0 spiro atoms. The van der Waals surface area contributed by atoms with Crippen molar-refractivity contribution in [3.05, 3.63) is 0 Å². The highest BCUT2D eigenvalue weighted by atomic mass is 35.5. The van der Waals surface area contributed by atoms with E-state index in [1.165, 1.54) is 19.3 Å². The first-order valence-corrected chi connectivity index (χ1v) is 1.50. The predicted molar refractivity (Wildman–Crippen MR) is 38.4 cm³/mol. The van der Waals surface area contributed by atoms with Crippen LogP contribution in [-0.2, 0) is 0 Å². The van der Waals surface area contributed by atoms with E-state index in [1.54, 1.807) is 0 Å². The minimum absolute atomic E-state index is 0. The molecule has 50 valence electrons. The Morgan fingerprint density at radius 1 is 0.571 bits per heavy atom. The lowest BCUT2D eigenvalue weighted by molar-refractivity contribution is 1.50. The molecule has 1 saturated carbocycles. The largest absolute Gasteiger partial charge is 0.344 e. The molecule has 1 aliphatic rings. The first-order chi connectivity index (χ1) is 1.50. The van der Waals surface area contributed by atoms with Gasteiger partial charge in [-0.25, -0.2) is 0 Å². The quantitative estimate of drug-likeness (QED) is 0.554. The molecule has 6 N–H and O–H groups in total. The van der Waals surface area contributed by atoms with Gasteiger partial charge in [-0.2, -0.15) is 0 Å². The lowest BCUT2D eigenvalue weighted by Crippen LogP contribution is -0.856. The van der Waals surface area contributed by atoms with Gasteiger partial charge in [0, 0.05) is 0 Å². The smallest absolute Gasteiger partial charge is 0.0533 e. The van der Waals surface area contributed by atoms with Crippen molar-refractivity contribution in [3.63, 3.8) is 0 Å². The van der Waals surface area contributed by atoms with E-state index >= 15 is 0 Å². The van der Waals surface area contributed by atoms with Gasteiger partial charge in [-0.05, 0) is 0 Å². The van der Waals surface area contributed by atoms with Gasteiger partial charge in [0.25, 0.3) is 0 Å². The molecule has 4 heteroatoms. The van der Waals surface area contributed by atoms with Gasteiger partial charge in [-0.3, -0.25) is 0 Å². The fraction of sp³-hybridized carbons (Fsp3) is 1.00. The van der Waals surface area contributed by atoms with Crippen LogP contribution in [0, 0.1) is 0 Å². The lowest BCUT2D eigenvalue weighted by atomic mass is 11.0. The van der Waals surface area contributed by atoms with E-state index in [-0.39, 0.29) is 37.1 Å². The van der Waals surface area contributed by atoms with Gasteiger partial charge in [-0.1, -0.05) is 19.3 Å². The third-order valence-electron chi connectivity index (χ3n) is 0.354. The number of halogens is 2. The molecule has 0 unspecified atom stereocenters. The Morgan fingerprint density at radius 3 is 0.714 bits per heavy atom. The summed E-state index contributed by atoms with van der Waals surface area (Å²) in [6.07, 6.45) is 4.50. The van der Waals surface area contributed by atoms with Crippen molar-refractivity contribution in [1.82, 2.24) is 12.3 Å². The molecule has 7 heavy (non-hydrogen) atoms. The summed E-state index contributed by atoms with van der Waals surface area (Å²) in [4.78, 5) is 0. The van der Waals surface area contributed by atoms with Gasteiger partial charge in [0.05, 0.1) is 0 Å². The van der Waals surface area contributed by atoms with Crippen LogP contribution in [0.2, 0.25) is 0 Å². The predicted octanol–water partition coefficient (Wildman–Crippen LogP) is 2.34. The highest BCUT2D eigenvalue weighted by molar-refractivity contribution is 5.85. The van der Waals surface area contributed by atoms with Crippen LogP contribution in [0.15, 0.2) is 0 Å². The van der Waals surface area contributed by atoms with Crippen molar-refractivity contribution in [2.24, 2.45) is 0 Å². The Hall–Kier alpha value is 0.500. The zero-order valence-corrected chi connectivity index (χ0v) is 5.99. The van der Waals surface area contributed by atoms with Gasteiger partial charge < -0.3 is 12.3 Å². The molecular formula is C3H14Cl2N2. The van der Waals surface area contributed by atoms with Crippen LogP contribution in [0.5, 0.6) is 0 Å². The Morgan fingerprint density at radius 2 is 0.714 bits per heavy atom. The van der Waals surface area contributed by atoms with Gasteiger partial charge in [-0.15, -0.1) is 24.8 Å². The zero-order valence-electron chi connectivity index (χ0n) is 4.35. The number of rotatable bonds is 0. The summed E-state index contributed by atoms with van der Waals surface area (Å²) < 4.78 is 0.